The Hall–Kier alpha value is -4.42. The summed E-state index contributed by atoms with van der Waals surface area (Å²) in [4.78, 5) is 13.6. The number of hydrogen-bond acceptors (Lipinski definition) is 4. The zero-order valence-corrected chi connectivity index (χ0v) is 21.4. The summed E-state index contributed by atoms with van der Waals surface area (Å²) in [6.45, 7) is 2.35. The predicted molar refractivity (Wildman–Crippen MR) is 148 cm³/mol. The molecule has 4 aromatic carbocycles. The molecule has 7 heteroatoms. The highest BCUT2D eigenvalue weighted by molar-refractivity contribution is 6.37. The number of para-hydroxylation sites is 1. The first-order valence-electron chi connectivity index (χ1n) is 12.1. The van der Waals surface area contributed by atoms with Crippen LogP contribution in [0.5, 0.6) is 11.5 Å². The minimum Gasteiger partial charge on any atom is -0.490 e. The number of amides is 1. The number of rotatable bonds is 8. The quantitative estimate of drug-likeness (QED) is 0.226. The molecular weight excluding hydrogens is 503 g/mol. The molecule has 0 spiro atoms. The van der Waals surface area contributed by atoms with Gasteiger partial charge in [0.1, 0.15) is 18.1 Å². The van der Waals surface area contributed by atoms with Crippen LogP contribution in [0.2, 0.25) is 5.02 Å². The number of carbonyl (C=O) groups excluding carboxylic acids is 1. The molecule has 0 saturated carbocycles. The normalized spacial score (nSPS) is 14.1. The Balaban J connectivity index is 1.52. The van der Waals surface area contributed by atoms with Crippen molar-refractivity contribution in [2.24, 2.45) is 5.10 Å². The van der Waals surface area contributed by atoms with Crippen molar-refractivity contribution in [1.82, 2.24) is 0 Å². The van der Waals surface area contributed by atoms with E-state index >= 15 is 0 Å². The van der Waals surface area contributed by atoms with Crippen LogP contribution in [-0.2, 0) is 11.4 Å². The molecular formula is C31H24ClFN2O3. The number of ether oxygens (including phenoxy) is 2. The molecule has 1 aliphatic heterocycles. The van der Waals surface area contributed by atoms with Gasteiger partial charge < -0.3 is 9.47 Å². The van der Waals surface area contributed by atoms with E-state index in [9.17, 15) is 9.18 Å². The van der Waals surface area contributed by atoms with Crippen molar-refractivity contribution in [1.29, 1.82) is 0 Å². The SMILES string of the molecule is CCOc1cc(/C=C2\C(=O)N(c3ccccc3)N=C2c2ccccc2)cc(Cl)c1OCc1cccc(F)c1. The fourth-order valence-electron chi connectivity index (χ4n) is 4.12. The summed E-state index contributed by atoms with van der Waals surface area (Å²) in [6.07, 6.45) is 1.75. The molecule has 0 radical (unpaired) electrons. The maximum atomic E-state index is 13.6. The molecule has 190 valence electrons. The van der Waals surface area contributed by atoms with Crippen LogP contribution in [0.15, 0.2) is 108 Å². The Kier molecular flexibility index (Phi) is 7.52. The zero-order valence-electron chi connectivity index (χ0n) is 20.6. The number of benzene rings is 4. The lowest BCUT2D eigenvalue weighted by molar-refractivity contribution is -0.114. The molecule has 1 heterocycles. The van der Waals surface area contributed by atoms with Gasteiger partial charge in [-0.1, -0.05) is 72.3 Å². The second-order valence-corrected chi connectivity index (χ2v) is 8.91. The van der Waals surface area contributed by atoms with E-state index < -0.39 is 0 Å². The van der Waals surface area contributed by atoms with Crippen molar-refractivity contribution in [3.8, 4) is 11.5 Å². The van der Waals surface area contributed by atoms with Crippen molar-refractivity contribution < 1.29 is 18.7 Å². The third kappa shape index (κ3) is 5.45. The molecule has 0 N–H and O–H groups in total. The van der Waals surface area contributed by atoms with Crippen LogP contribution in [0, 0.1) is 5.82 Å². The van der Waals surface area contributed by atoms with Crippen LogP contribution in [0.1, 0.15) is 23.6 Å². The number of hydrazone groups is 1. The van der Waals surface area contributed by atoms with Gasteiger partial charge in [-0.3, -0.25) is 4.79 Å². The Labute approximate surface area is 225 Å². The number of hydrogen-bond donors (Lipinski definition) is 0. The maximum absolute atomic E-state index is 13.6. The fourth-order valence-corrected chi connectivity index (χ4v) is 4.40. The van der Waals surface area contributed by atoms with Gasteiger partial charge in [0.05, 0.1) is 22.9 Å². The summed E-state index contributed by atoms with van der Waals surface area (Å²) in [7, 11) is 0. The van der Waals surface area contributed by atoms with Crippen LogP contribution in [0.4, 0.5) is 10.1 Å². The smallest absolute Gasteiger partial charge is 0.281 e. The fraction of sp³-hybridized carbons (Fsp3) is 0.0968. The highest BCUT2D eigenvalue weighted by Crippen LogP contribution is 2.38. The maximum Gasteiger partial charge on any atom is 0.281 e. The molecule has 38 heavy (non-hydrogen) atoms. The third-order valence-electron chi connectivity index (χ3n) is 5.84. The lowest BCUT2D eigenvalue weighted by Gasteiger charge is -2.15. The van der Waals surface area contributed by atoms with E-state index in [1.54, 1.807) is 30.3 Å². The van der Waals surface area contributed by atoms with E-state index in [1.807, 2.05) is 67.6 Å². The van der Waals surface area contributed by atoms with Crippen molar-refractivity contribution in [2.75, 3.05) is 11.6 Å². The number of halogens is 2. The van der Waals surface area contributed by atoms with Crippen LogP contribution < -0.4 is 14.5 Å². The monoisotopic (exact) mass is 526 g/mol. The van der Waals surface area contributed by atoms with Gasteiger partial charge in [-0.25, -0.2) is 4.39 Å². The summed E-state index contributed by atoms with van der Waals surface area (Å²) < 4.78 is 25.3. The van der Waals surface area contributed by atoms with Crippen LogP contribution in [0.25, 0.3) is 6.08 Å². The average Bonchev–Trinajstić information content (AvgIpc) is 3.25. The highest BCUT2D eigenvalue weighted by atomic mass is 35.5. The molecule has 0 unspecified atom stereocenters. The van der Waals surface area contributed by atoms with E-state index in [1.165, 1.54) is 17.1 Å². The Morgan fingerprint density at radius 2 is 1.66 bits per heavy atom. The highest BCUT2D eigenvalue weighted by Gasteiger charge is 2.32. The lowest BCUT2D eigenvalue weighted by Crippen LogP contribution is -2.21. The molecule has 0 atom stereocenters. The van der Waals surface area contributed by atoms with Crippen molar-refractivity contribution >= 4 is 35.0 Å². The van der Waals surface area contributed by atoms with Gasteiger partial charge in [0.2, 0.25) is 0 Å². The van der Waals surface area contributed by atoms with E-state index in [0.717, 1.165) is 5.56 Å². The molecule has 0 aromatic heterocycles. The van der Waals surface area contributed by atoms with Gasteiger partial charge in [-0.2, -0.15) is 10.1 Å². The molecule has 1 amide bonds. The first-order chi connectivity index (χ1) is 18.5. The van der Waals surface area contributed by atoms with Gasteiger partial charge in [0.25, 0.3) is 5.91 Å². The molecule has 4 aromatic rings. The molecule has 1 aliphatic rings. The van der Waals surface area contributed by atoms with E-state index in [4.69, 9.17) is 21.1 Å². The van der Waals surface area contributed by atoms with Gasteiger partial charge in [-0.15, -0.1) is 0 Å². The standard InChI is InChI=1S/C31H24ClFN2O3/c1-2-37-28-19-22(18-27(32)30(28)38-20-21-10-9-13-24(33)16-21)17-26-29(23-11-5-3-6-12-23)34-35(31(26)36)25-14-7-4-8-15-25/h3-19H,2,20H2,1H3/b26-17-. The third-order valence-corrected chi connectivity index (χ3v) is 6.12. The van der Waals surface area contributed by atoms with Crippen molar-refractivity contribution in [2.45, 2.75) is 13.5 Å². The van der Waals surface area contributed by atoms with Crippen molar-refractivity contribution in [3.63, 3.8) is 0 Å². The minimum absolute atomic E-state index is 0.118. The Morgan fingerprint density at radius 3 is 2.37 bits per heavy atom. The second-order valence-electron chi connectivity index (χ2n) is 8.51. The van der Waals surface area contributed by atoms with Crippen LogP contribution in [-0.4, -0.2) is 18.2 Å². The lowest BCUT2D eigenvalue weighted by atomic mass is 10.00. The minimum atomic E-state index is -0.342. The molecule has 0 fully saturated rings. The first kappa shape index (κ1) is 25.2. The zero-order chi connectivity index (χ0) is 26.5. The summed E-state index contributed by atoms with van der Waals surface area (Å²) in [5, 5.41) is 6.38. The number of nitrogens with zero attached hydrogens (tertiary/aromatic N) is 2. The summed E-state index contributed by atoms with van der Waals surface area (Å²) in [6, 6.07) is 28.5. The van der Waals surface area contributed by atoms with Gasteiger partial charge >= 0.3 is 0 Å². The average molecular weight is 527 g/mol. The summed E-state index contributed by atoms with van der Waals surface area (Å²) in [5.74, 6) is 0.175. The largest absolute Gasteiger partial charge is 0.490 e. The molecule has 0 aliphatic carbocycles. The second kappa shape index (κ2) is 11.3. The Morgan fingerprint density at radius 1 is 0.921 bits per heavy atom. The van der Waals surface area contributed by atoms with E-state index in [-0.39, 0.29) is 18.3 Å². The predicted octanol–water partition coefficient (Wildman–Crippen LogP) is 7.29. The summed E-state index contributed by atoms with van der Waals surface area (Å²) >= 11 is 6.63. The van der Waals surface area contributed by atoms with Crippen LogP contribution in [0.3, 0.4) is 0 Å². The number of carbonyl (C=O) groups is 1. The van der Waals surface area contributed by atoms with E-state index in [2.05, 4.69) is 5.10 Å². The van der Waals surface area contributed by atoms with Crippen molar-refractivity contribution in [3.05, 3.63) is 130 Å². The summed E-state index contributed by atoms with van der Waals surface area (Å²) in [5.41, 5.74) is 3.78. The van der Waals surface area contributed by atoms with Gasteiger partial charge in [0, 0.05) is 5.56 Å². The molecule has 5 rings (SSSR count). The van der Waals surface area contributed by atoms with Crippen LogP contribution >= 0.6 is 11.6 Å². The number of anilines is 1. The van der Waals surface area contributed by atoms with E-state index in [0.29, 0.717) is 51.2 Å². The van der Waals surface area contributed by atoms with Gasteiger partial charge in [-0.05, 0) is 60.5 Å². The van der Waals surface area contributed by atoms with Gasteiger partial charge in [0.15, 0.2) is 11.5 Å². The Bertz CT molecular complexity index is 1520. The molecule has 0 saturated heterocycles. The molecule has 5 nitrogen and oxygen atoms in total. The molecule has 0 bridgehead atoms. The first-order valence-corrected chi connectivity index (χ1v) is 12.5. The topological polar surface area (TPSA) is 51.1 Å².